The van der Waals surface area contributed by atoms with Crippen LogP contribution in [0.2, 0.25) is 0 Å². The van der Waals surface area contributed by atoms with E-state index in [1.54, 1.807) is 77.5 Å². The van der Waals surface area contributed by atoms with Gasteiger partial charge < -0.3 is 104 Å². The summed E-state index contributed by atoms with van der Waals surface area (Å²) in [4.78, 5) is 165. The number of ether oxygens (including phenoxy) is 12. The Labute approximate surface area is 665 Å². The summed E-state index contributed by atoms with van der Waals surface area (Å²) in [6, 6.07) is 1.97. The van der Waals surface area contributed by atoms with Gasteiger partial charge in [-0.1, -0.05) is 34.1 Å². The van der Waals surface area contributed by atoms with Gasteiger partial charge in [-0.2, -0.15) is 0 Å². The fraction of sp³-hybridized carbons (Fsp3) is 0.658. The molecule has 0 aliphatic carbocycles. The van der Waals surface area contributed by atoms with Gasteiger partial charge in [-0.05, 0) is 115 Å². The van der Waals surface area contributed by atoms with Gasteiger partial charge in [0.05, 0.1) is 148 Å². The molecule has 0 saturated carbocycles. The van der Waals surface area contributed by atoms with Crippen LogP contribution in [-0.2, 0) is 135 Å². The second-order valence-electron chi connectivity index (χ2n) is 28.8. The fourth-order valence-corrected chi connectivity index (χ4v) is 12.4. The summed E-state index contributed by atoms with van der Waals surface area (Å²) in [6.07, 6.45) is 3.80. The Morgan fingerprint density at radius 1 is 0.596 bits per heavy atom. The molecule has 6 rings (SSSR count). The van der Waals surface area contributed by atoms with E-state index in [9.17, 15) is 62.6 Å². The van der Waals surface area contributed by atoms with E-state index in [2.05, 4.69) is 37.2 Å². The molecule has 0 spiro atoms. The van der Waals surface area contributed by atoms with E-state index in [-0.39, 0.29) is 121 Å². The number of carbonyl (C=O) groups is 11. The number of aryl methyl sites for hydroxylation is 1. The van der Waals surface area contributed by atoms with Gasteiger partial charge in [-0.25, -0.2) is 9.78 Å². The van der Waals surface area contributed by atoms with Crippen molar-refractivity contribution >= 4 is 81.7 Å². The highest BCUT2D eigenvalue weighted by Crippen LogP contribution is 2.41. The first-order valence-corrected chi connectivity index (χ1v) is 39.3. The van der Waals surface area contributed by atoms with Crippen molar-refractivity contribution in [3.8, 4) is 11.4 Å². The standard InChI is InChI=1S/C79H118N10O25/c1-10-16-55-56-47-54(20-21-60(56)86-71-57(55)49-89-63(71)48-59-58(76(89)100)50-113-77(101)79(59,102)11-2)83-72(96)53(5)82-75(99)70(52(3)4)87-74(98)62(22-25-69(95)114-78(6,7)8)85-64(90)18-14-27-81-73(97)61(84-65(91)19-15-28-88-67(93)23-24-68(88)94)17-12-13-26-80-66(92)51-112-46-45-111-44-43-110-42-41-109-40-39-108-38-37-107-36-35-106-34-33-105-32-31-104-30-29-103-9/h20-21,23-24,47-48,52-53,61-62,70,102H,10-19,22,25-46,49-51H2,1-9H3,(H,80,92)(H,81,97)(H,82,99)(H,83,96)(H,84,91)(H,85,90)(H,87,98)/t53-,61-,62-,70-,79-/m0/s1. The number of fused-ring (bicyclic) bond motifs is 5. The lowest BCUT2D eigenvalue weighted by atomic mass is 9.86. The number of nitrogens with one attached hydrogen (secondary N) is 7. The van der Waals surface area contributed by atoms with Crippen molar-refractivity contribution in [2.45, 2.75) is 181 Å². The van der Waals surface area contributed by atoms with Crippen LogP contribution in [-0.4, -0.2) is 267 Å². The quantitative estimate of drug-likeness (QED) is 0.0179. The van der Waals surface area contributed by atoms with Crippen LogP contribution in [0.1, 0.15) is 148 Å². The molecule has 0 saturated heterocycles. The first-order valence-electron chi connectivity index (χ1n) is 39.3. The van der Waals surface area contributed by atoms with Crippen molar-refractivity contribution in [2.24, 2.45) is 5.92 Å². The SMILES string of the molecule is CCCc1c2c(nc3ccc(NC(=O)[C@H](C)NC(=O)[C@@H](NC(=O)[C@H](CCC(=O)OC(C)(C)C)NC(=O)CCCNC(=O)[C@H](CCCCNC(=O)COCCOCCOCCOCCOCCOCCOCCOCCOCCOC)NC(=O)CCCN4C(=O)C=CC4=O)C(C)C)cc13)-c1cc3c(c(=O)n1C2)COC(=O)[C@]3(O)CC. The molecule has 3 aliphatic rings. The van der Waals surface area contributed by atoms with E-state index in [4.69, 9.17) is 61.8 Å². The van der Waals surface area contributed by atoms with E-state index in [1.807, 2.05) is 6.92 Å². The highest BCUT2D eigenvalue weighted by molar-refractivity contribution is 6.13. The Morgan fingerprint density at radius 2 is 1.14 bits per heavy atom. The van der Waals surface area contributed by atoms with Gasteiger partial charge in [0, 0.05) is 80.4 Å². The molecule has 114 heavy (non-hydrogen) atoms. The number of esters is 2. The molecule has 5 heterocycles. The number of hydrogen-bond donors (Lipinski definition) is 8. The van der Waals surface area contributed by atoms with Crippen molar-refractivity contribution < 1.29 is 115 Å². The van der Waals surface area contributed by atoms with Gasteiger partial charge in [0.25, 0.3) is 17.4 Å². The number of hydrogen-bond acceptors (Lipinski definition) is 26. The molecule has 35 nitrogen and oxygen atoms in total. The van der Waals surface area contributed by atoms with E-state index >= 15 is 0 Å². The maximum absolute atomic E-state index is 14.2. The monoisotopic (exact) mass is 1610 g/mol. The molecule has 0 fully saturated rings. The van der Waals surface area contributed by atoms with Crippen LogP contribution in [0.4, 0.5) is 5.69 Å². The molecule has 3 aliphatic heterocycles. The number of methoxy groups -OCH3 is 1. The zero-order valence-corrected chi connectivity index (χ0v) is 67.4. The highest BCUT2D eigenvalue weighted by Gasteiger charge is 2.46. The molecule has 5 atom stereocenters. The van der Waals surface area contributed by atoms with E-state index < -0.39 is 106 Å². The van der Waals surface area contributed by atoms with Gasteiger partial charge in [0.2, 0.25) is 41.4 Å². The molecular weight excluding hydrogens is 1490 g/mol. The first-order chi connectivity index (χ1) is 54.7. The Balaban J connectivity index is 0.907. The van der Waals surface area contributed by atoms with E-state index in [0.717, 1.165) is 34.6 Å². The number of pyridine rings is 2. The lowest BCUT2D eigenvalue weighted by Gasteiger charge is -2.31. The summed E-state index contributed by atoms with van der Waals surface area (Å²) in [6.45, 7) is 20.8. The third-order valence-corrected chi connectivity index (χ3v) is 18.4. The molecule has 0 bridgehead atoms. The number of anilines is 1. The summed E-state index contributed by atoms with van der Waals surface area (Å²) in [5.74, 6) is -7.27. The summed E-state index contributed by atoms with van der Waals surface area (Å²) >= 11 is 0. The molecule has 3 aromatic rings. The van der Waals surface area contributed by atoms with Crippen LogP contribution in [0.15, 0.2) is 41.2 Å². The Kier molecular flexibility index (Phi) is 41.2. The minimum absolute atomic E-state index is 0.00598. The third kappa shape index (κ3) is 31.5. The Bertz CT molecular complexity index is 3750. The van der Waals surface area contributed by atoms with Gasteiger partial charge >= 0.3 is 11.9 Å². The Hall–Kier alpha value is -8.75. The normalized spacial score (nSPS) is 15.4. The van der Waals surface area contributed by atoms with Crippen LogP contribution >= 0.6 is 0 Å². The van der Waals surface area contributed by atoms with Gasteiger partial charge in [-0.3, -0.25) is 57.6 Å². The number of rotatable bonds is 58. The topological polar surface area (TPSA) is 441 Å². The number of unbranched alkanes of at least 4 members (excludes halogenated alkanes) is 1. The predicted octanol–water partition coefficient (Wildman–Crippen LogP) is 2.39. The van der Waals surface area contributed by atoms with Crippen molar-refractivity contribution in [1.29, 1.82) is 0 Å². The minimum atomic E-state index is -1.99. The number of nitrogens with zero attached hydrogens (tertiary/aromatic N) is 3. The minimum Gasteiger partial charge on any atom is -0.460 e. The molecular formula is C79H118N10O25. The average Bonchev–Trinajstić information content (AvgIpc) is 1.56. The number of aliphatic hydroxyl groups is 1. The number of benzene rings is 1. The fourth-order valence-electron chi connectivity index (χ4n) is 12.4. The number of carbonyl (C=O) groups excluding carboxylic acids is 11. The molecule has 0 radical (unpaired) electrons. The largest absolute Gasteiger partial charge is 0.460 e. The molecule has 634 valence electrons. The second-order valence-corrected chi connectivity index (χ2v) is 28.8. The van der Waals surface area contributed by atoms with Crippen LogP contribution in [0.25, 0.3) is 22.3 Å². The zero-order chi connectivity index (χ0) is 83.0. The molecule has 0 unspecified atom stereocenters. The van der Waals surface area contributed by atoms with Crippen molar-refractivity contribution in [3.63, 3.8) is 0 Å². The van der Waals surface area contributed by atoms with Crippen molar-refractivity contribution in [1.82, 2.24) is 46.4 Å². The van der Waals surface area contributed by atoms with Crippen LogP contribution < -0.4 is 42.8 Å². The molecule has 2 aromatic heterocycles. The van der Waals surface area contributed by atoms with Gasteiger partial charge in [0.15, 0.2) is 5.60 Å². The Morgan fingerprint density at radius 3 is 1.68 bits per heavy atom. The molecule has 1 aromatic carbocycles. The van der Waals surface area contributed by atoms with Crippen LogP contribution in [0, 0.1) is 5.92 Å². The van der Waals surface area contributed by atoms with E-state index in [1.165, 1.54) is 6.92 Å². The molecule has 35 heteroatoms. The second kappa shape index (κ2) is 49.9. The summed E-state index contributed by atoms with van der Waals surface area (Å²) < 4.78 is 66.4. The van der Waals surface area contributed by atoms with Crippen molar-refractivity contribution in [3.05, 3.63) is 69.0 Å². The molecule has 8 N–H and O–H groups in total. The lowest BCUT2D eigenvalue weighted by Crippen LogP contribution is -2.57. The number of aromatic nitrogens is 2. The van der Waals surface area contributed by atoms with Crippen molar-refractivity contribution in [2.75, 3.05) is 158 Å². The molecule has 9 amide bonds. The first kappa shape index (κ1) is 94.1. The van der Waals surface area contributed by atoms with E-state index in [0.29, 0.717) is 153 Å². The summed E-state index contributed by atoms with van der Waals surface area (Å²) in [5.41, 5.74) is 0.760. The predicted molar refractivity (Wildman–Crippen MR) is 414 cm³/mol. The highest BCUT2D eigenvalue weighted by atomic mass is 16.6. The maximum Gasteiger partial charge on any atom is 0.343 e. The third-order valence-electron chi connectivity index (χ3n) is 18.4. The number of amides is 9. The number of cyclic esters (lactones) is 1. The summed E-state index contributed by atoms with van der Waals surface area (Å²) in [5, 5.41) is 31.3. The average molecular weight is 1610 g/mol. The van der Waals surface area contributed by atoms with Gasteiger partial charge in [-0.15, -0.1) is 0 Å². The number of imide groups is 1. The maximum atomic E-state index is 14.2. The van der Waals surface area contributed by atoms with Crippen LogP contribution in [0.5, 0.6) is 0 Å². The van der Waals surface area contributed by atoms with Gasteiger partial charge in [0.1, 0.15) is 43.0 Å². The van der Waals surface area contributed by atoms with Crippen LogP contribution in [0.3, 0.4) is 0 Å². The summed E-state index contributed by atoms with van der Waals surface area (Å²) in [7, 11) is 1.62. The smallest absolute Gasteiger partial charge is 0.343 e. The zero-order valence-electron chi connectivity index (χ0n) is 67.4. The lowest BCUT2D eigenvalue weighted by molar-refractivity contribution is -0.172.